The molecule has 0 unspecified atom stereocenters. The van der Waals surface area contributed by atoms with Gasteiger partial charge >= 0.3 is 0 Å². The SMILES string of the molecule is Cc1cc(S(=O)(=O)N(C)c2ccccc2N)sc1Cl. The van der Waals surface area contributed by atoms with E-state index in [1.165, 1.54) is 11.4 Å². The number of nitrogens with two attached hydrogens (primary N) is 1. The molecule has 1 heterocycles. The number of anilines is 2. The van der Waals surface area contributed by atoms with Gasteiger partial charge in [-0.15, -0.1) is 11.3 Å². The van der Waals surface area contributed by atoms with Gasteiger partial charge in [0.25, 0.3) is 10.0 Å². The average Bonchev–Trinajstić information content (AvgIpc) is 2.70. The van der Waals surface area contributed by atoms with E-state index in [-0.39, 0.29) is 4.21 Å². The lowest BCUT2D eigenvalue weighted by atomic mass is 10.3. The fourth-order valence-electron chi connectivity index (χ4n) is 1.60. The largest absolute Gasteiger partial charge is 0.397 e. The highest BCUT2D eigenvalue weighted by molar-refractivity contribution is 7.94. The molecule has 0 saturated heterocycles. The fraction of sp³-hybridized carbons (Fsp3) is 0.167. The lowest BCUT2D eigenvalue weighted by molar-refractivity contribution is 0.596. The Morgan fingerprint density at radius 3 is 2.47 bits per heavy atom. The smallest absolute Gasteiger partial charge is 0.273 e. The fourth-order valence-corrected chi connectivity index (χ4v) is 4.70. The first-order valence-corrected chi connectivity index (χ1v) is 8.07. The summed E-state index contributed by atoms with van der Waals surface area (Å²) in [6.07, 6.45) is 0. The Morgan fingerprint density at radius 2 is 1.95 bits per heavy atom. The van der Waals surface area contributed by atoms with Gasteiger partial charge in [-0.05, 0) is 30.7 Å². The molecule has 0 radical (unpaired) electrons. The lowest BCUT2D eigenvalue weighted by Gasteiger charge is -2.19. The Kier molecular flexibility index (Phi) is 3.75. The van der Waals surface area contributed by atoms with Gasteiger partial charge in [-0.25, -0.2) is 8.42 Å². The van der Waals surface area contributed by atoms with Gasteiger partial charge in [0.2, 0.25) is 0 Å². The summed E-state index contributed by atoms with van der Waals surface area (Å²) in [4.78, 5) is 0. The molecule has 0 aliphatic heterocycles. The van der Waals surface area contributed by atoms with E-state index >= 15 is 0 Å². The van der Waals surface area contributed by atoms with Gasteiger partial charge in [0.05, 0.1) is 15.7 Å². The Labute approximate surface area is 121 Å². The van der Waals surface area contributed by atoms with Crippen molar-refractivity contribution in [3.8, 4) is 0 Å². The summed E-state index contributed by atoms with van der Waals surface area (Å²) >= 11 is 6.97. The molecule has 0 atom stereocenters. The van der Waals surface area contributed by atoms with E-state index in [1.807, 2.05) is 0 Å². The maximum Gasteiger partial charge on any atom is 0.273 e. The third-order valence-electron chi connectivity index (χ3n) is 2.73. The van der Waals surface area contributed by atoms with Crippen LogP contribution >= 0.6 is 22.9 Å². The minimum atomic E-state index is -3.63. The summed E-state index contributed by atoms with van der Waals surface area (Å²) in [6.45, 7) is 1.77. The van der Waals surface area contributed by atoms with Gasteiger partial charge in [-0.1, -0.05) is 23.7 Å². The van der Waals surface area contributed by atoms with Crippen molar-refractivity contribution in [2.45, 2.75) is 11.1 Å². The number of halogens is 1. The standard InChI is InChI=1S/C12H13ClN2O2S2/c1-8-7-11(18-12(8)13)19(16,17)15(2)10-6-4-3-5-9(10)14/h3-7H,14H2,1-2H3. The minimum Gasteiger partial charge on any atom is -0.397 e. The second kappa shape index (κ2) is 5.03. The molecule has 0 aliphatic rings. The second-order valence-electron chi connectivity index (χ2n) is 4.05. The molecule has 1 aromatic carbocycles. The highest BCUT2D eigenvalue weighted by Gasteiger charge is 2.25. The number of nitrogen functional groups attached to an aromatic ring is 1. The highest BCUT2D eigenvalue weighted by Crippen LogP contribution is 2.34. The Hall–Kier alpha value is -1.24. The molecule has 102 valence electrons. The molecule has 19 heavy (non-hydrogen) atoms. The lowest BCUT2D eigenvalue weighted by Crippen LogP contribution is -2.26. The van der Waals surface area contributed by atoms with Crippen molar-refractivity contribution in [3.63, 3.8) is 0 Å². The number of benzene rings is 1. The van der Waals surface area contributed by atoms with E-state index in [0.29, 0.717) is 15.7 Å². The molecule has 2 aromatic rings. The number of hydrogen-bond acceptors (Lipinski definition) is 4. The first-order valence-electron chi connectivity index (χ1n) is 5.43. The zero-order valence-corrected chi connectivity index (χ0v) is 12.8. The molecule has 0 aliphatic carbocycles. The summed E-state index contributed by atoms with van der Waals surface area (Å²) in [6, 6.07) is 8.39. The molecule has 0 saturated carbocycles. The number of thiophene rings is 1. The molecular weight excluding hydrogens is 304 g/mol. The molecule has 0 fully saturated rings. The van der Waals surface area contributed by atoms with Crippen molar-refractivity contribution in [1.29, 1.82) is 0 Å². The molecule has 0 bridgehead atoms. The number of rotatable bonds is 3. The summed E-state index contributed by atoms with van der Waals surface area (Å²) in [5.41, 5.74) is 7.41. The Morgan fingerprint density at radius 1 is 1.32 bits per heavy atom. The van der Waals surface area contributed by atoms with E-state index in [0.717, 1.165) is 16.9 Å². The van der Waals surface area contributed by atoms with Crippen LogP contribution in [0.15, 0.2) is 34.5 Å². The van der Waals surface area contributed by atoms with Crippen molar-refractivity contribution in [1.82, 2.24) is 0 Å². The number of nitrogens with zero attached hydrogens (tertiary/aromatic N) is 1. The Balaban J connectivity index is 2.48. The van der Waals surface area contributed by atoms with Crippen LogP contribution in [0.25, 0.3) is 0 Å². The maximum atomic E-state index is 12.5. The van der Waals surface area contributed by atoms with Crippen LogP contribution in [0.2, 0.25) is 4.34 Å². The van der Waals surface area contributed by atoms with E-state index in [4.69, 9.17) is 17.3 Å². The van der Waals surface area contributed by atoms with E-state index in [2.05, 4.69) is 0 Å². The number of aryl methyl sites for hydroxylation is 1. The van der Waals surface area contributed by atoms with Crippen molar-refractivity contribution >= 4 is 44.3 Å². The minimum absolute atomic E-state index is 0.209. The maximum absolute atomic E-state index is 12.5. The van der Waals surface area contributed by atoms with Gasteiger partial charge in [0.1, 0.15) is 4.21 Å². The first kappa shape index (κ1) is 14.2. The average molecular weight is 317 g/mol. The van der Waals surface area contributed by atoms with Gasteiger partial charge in [0, 0.05) is 7.05 Å². The molecule has 0 spiro atoms. The van der Waals surface area contributed by atoms with Gasteiger partial charge in [-0.3, -0.25) is 4.31 Å². The van der Waals surface area contributed by atoms with Gasteiger partial charge in [0.15, 0.2) is 0 Å². The van der Waals surface area contributed by atoms with Crippen LogP contribution < -0.4 is 10.0 Å². The molecule has 2 rings (SSSR count). The van der Waals surface area contributed by atoms with Crippen molar-refractivity contribution in [2.75, 3.05) is 17.1 Å². The summed E-state index contributed by atoms with van der Waals surface area (Å²) in [5, 5.41) is 0. The molecule has 4 nitrogen and oxygen atoms in total. The quantitative estimate of drug-likeness (QED) is 0.885. The number of hydrogen-bond donors (Lipinski definition) is 1. The zero-order chi connectivity index (χ0) is 14.2. The normalized spacial score (nSPS) is 11.5. The monoisotopic (exact) mass is 316 g/mol. The van der Waals surface area contributed by atoms with Crippen LogP contribution in [0.5, 0.6) is 0 Å². The Bertz CT molecular complexity index is 691. The summed E-state index contributed by atoms with van der Waals surface area (Å²) in [5.74, 6) is 0. The molecule has 7 heteroatoms. The predicted molar refractivity (Wildman–Crippen MR) is 80.5 cm³/mol. The molecule has 1 aromatic heterocycles. The number of sulfonamides is 1. The molecular formula is C12H13ClN2O2S2. The van der Waals surface area contributed by atoms with E-state index < -0.39 is 10.0 Å². The highest BCUT2D eigenvalue weighted by atomic mass is 35.5. The van der Waals surface area contributed by atoms with Crippen molar-refractivity contribution < 1.29 is 8.42 Å². The van der Waals surface area contributed by atoms with Gasteiger partial charge in [-0.2, -0.15) is 0 Å². The van der Waals surface area contributed by atoms with Crippen molar-refractivity contribution in [2.24, 2.45) is 0 Å². The molecule has 0 amide bonds. The predicted octanol–water partition coefficient (Wildman–Crippen LogP) is 3.12. The van der Waals surface area contributed by atoms with Crippen LogP contribution in [0, 0.1) is 6.92 Å². The molecule has 2 N–H and O–H groups in total. The first-order chi connectivity index (χ1) is 8.84. The third-order valence-corrected chi connectivity index (χ3v) is 6.50. The number of para-hydroxylation sites is 2. The third kappa shape index (κ3) is 2.56. The van der Waals surface area contributed by atoms with Crippen molar-refractivity contribution in [3.05, 3.63) is 40.2 Å². The van der Waals surface area contributed by atoms with Crippen LogP contribution in [-0.2, 0) is 10.0 Å². The second-order valence-corrected chi connectivity index (χ2v) is 7.90. The van der Waals surface area contributed by atoms with Crippen LogP contribution in [0.1, 0.15) is 5.56 Å². The topological polar surface area (TPSA) is 63.4 Å². The zero-order valence-electron chi connectivity index (χ0n) is 10.4. The van der Waals surface area contributed by atoms with E-state index in [9.17, 15) is 8.42 Å². The van der Waals surface area contributed by atoms with Gasteiger partial charge < -0.3 is 5.73 Å². The summed E-state index contributed by atoms with van der Waals surface area (Å²) in [7, 11) is -2.15. The van der Waals surface area contributed by atoms with Crippen LogP contribution in [-0.4, -0.2) is 15.5 Å². The van der Waals surface area contributed by atoms with E-state index in [1.54, 1.807) is 37.3 Å². The van der Waals surface area contributed by atoms with Crippen LogP contribution in [0.4, 0.5) is 11.4 Å². The summed E-state index contributed by atoms with van der Waals surface area (Å²) < 4.78 is 26.8. The van der Waals surface area contributed by atoms with Crippen LogP contribution in [0.3, 0.4) is 0 Å².